The Morgan fingerprint density at radius 3 is 2.08 bits per heavy atom. The van der Waals surface area contributed by atoms with Crippen molar-refractivity contribution in [3.8, 4) is 0 Å². The zero-order valence-electron chi connectivity index (χ0n) is 13.7. The van der Waals surface area contributed by atoms with Crippen LogP contribution in [0.4, 0.5) is 5.69 Å². The molecule has 24 heavy (non-hydrogen) atoms. The molecule has 5 nitrogen and oxygen atoms in total. The van der Waals surface area contributed by atoms with Gasteiger partial charge < -0.3 is 15.5 Å². The van der Waals surface area contributed by atoms with Gasteiger partial charge in [0, 0.05) is 38.4 Å². The summed E-state index contributed by atoms with van der Waals surface area (Å²) in [7, 11) is 3.88. The van der Waals surface area contributed by atoms with Crippen LogP contribution in [-0.2, 0) is 0 Å². The Hall–Kier alpha value is -2.53. The molecule has 126 valence electrons. The lowest BCUT2D eigenvalue weighted by molar-refractivity contribution is 0.0927. The maximum atomic E-state index is 12.0. The molecular weight excluding hydrogens is 326 g/mol. The predicted octanol–water partition coefficient (Wildman–Crippen LogP) is 2.57. The molecule has 2 aromatic carbocycles. The van der Waals surface area contributed by atoms with Crippen molar-refractivity contribution in [1.82, 2.24) is 10.6 Å². The van der Waals surface area contributed by atoms with Crippen molar-refractivity contribution in [2.75, 3.05) is 32.1 Å². The number of amides is 2. The van der Waals surface area contributed by atoms with Crippen molar-refractivity contribution in [1.29, 1.82) is 0 Å². The molecule has 2 aromatic rings. The molecule has 0 fully saturated rings. The van der Waals surface area contributed by atoms with Crippen LogP contribution in [0.3, 0.4) is 0 Å². The molecule has 0 spiro atoms. The van der Waals surface area contributed by atoms with E-state index >= 15 is 0 Å². The highest BCUT2D eigenvalue weighted by atomic mass is 35.5. The summed E-state index contributed by atoms with van der Waals surface area (Å²) in [6.45, 7) is 0.663. The number of nitrogens with one attached hydrogen (secondary N) is 2. The van der Waals surface area contributed by atoms with Crippen LogP contribution < -0.4 is 15.5 Å². The SMILES string of the molecule is CN(C)c1ccc(C(=O)NCCNC(=O)c2ccccc2Cl)cc1. The summed E-state index contributed by atoms with van der Waals surface area (Å²) in [4.78, 5) is 26.0. The molecule has 0 atom stereocenters. The topological polar surface area (TPSA) is 61.4 Å². The predicted molar refractivity (Wildman–Crippen MR) is 96.9 cm³/mol. The van der Waals surface area contributed by atoms with E-state index < -0.39 is 0 Å². The van der Waals surface area contributed by atoms with Gasteiger partial charge in [0.1, 0.15) is 0 Å². The highest BCUT2D eigenvalue weighted by molar-refractivity contribution is 6.33. The Morgan fingerprint density at radius 1 is 0.917 bits per heavy atom. The van der Waals surface area contributed by atoms with E-state index in [2.05, 4.69) is 10.6 Å². The van der Waals surface area contributed by atoms with Crippen LogP contribution in [0.2, 0.25) is 5.02 Å². The number of carbonyl (C=O) groups is 2. The van der Waals surface area contributed by atoms with Crippen molar-refractivity contribution in [2.45, 2.75) is 0 Å². The van der Waals surface area contributed by atoms with Gasteiger partial charge in [0.05, 0.1) is 10.6 Å². The Balaban J connectivity index is 1.78. The van der Waals surface area contributed by atoms with E-state index in [0.29, 0.717) is 29.2 Å². The van der Waals surface area contributed by atoms with Crippen LogP contribution in [0.15, 0.2) is 48.5 Å². The second-order valence-electron chi connectivity index (χ2n) is 5.43. The Kier molecular flexibility index (Phi) is 6.21. The number of nitrogens with zero attached hydrogens (tertiary/aromatic N) is 1. The van der Waals surface area contributed by atoms with Crippen LogP contribution in [0, 0.1) is 0 Å². The lowest BCUT2D eigenvalue weighted by Gasteiger charge is -2.12. The molecule has 0 unspecified atom stereocenters. The fourth-order valence-electron chi connectivity index (χ4n) is 2.11. The van der Waals surface area contributed by atoms with E-state index in [-0.39, 0.29) is 11.8 Å². The minimum atomic E-state index is -0.259. The van der Waals surface area contributed by atoms with Crippen molar-refractivity contribution in [2.24, 2.45) is 0 Å². The minimum absolute atomic E-state index is 0.174. The molecule has 0 aliphatic carbocycles. The number of halogens is 1. The first-order valence-corrected chi connectivity index (χ1v) is 7.95. The van der Waals surface area contributed by atoms with Gasteiger partial charge in [-0.3, -0.25) is 9.59 Å². The fourth-order valence-corrected chi connectivity index (χ4v) is 2.33. The van der Waals surface area contributed by atoms with Crippen LogP contribution in [0.5, 0.6) is 0 Å². The summed E-state index contributed by atoms with van der Waals surface area (Å²) in [5.41, 5.74) is 2.03. The first-order valence-electron chi connectivity index (χ1n) is 7.57. The molecule has 0 saturated heterocycles. The molecule has 6 heteroatoms. The Bertz CT molecular complexity index is 714. The number of rotatable bonds is 6. The van der Waals surface area contributed by atoms with Gasteiger partial charge in [0.2, 0.25) is 0 Å². The number of hydrogen-bond acceptors (Lipinski definition) is 3. The van der Waals surface area contributed by atoms with Crippen molar-refractivity contribution >= 4 is 29.1 Å². The number of benzene rings is 2. The summed E-state index contributed by atoms with van der Waals surface area (Å²) in [6.07, 6.45) is 0. The molecule has 0 bridgehead atoms. The average molecular weight is 346 g/mol. The maximum Gasteiger partial charge on any atom is 0.252 e. The zero-order chi connectivity index (χ0) is 17.5. The Morgan fingerprint density at radius 2 is 1.50 bits per heavy atom. The number of hydrogen-bond donors (Lipinski definition) is 2. The van der Waals surface area contributed by atoms with Gasteiger partial charge in [-0.1, -0.05) is 23.7 Å². The smallest absolute Gasteiger partial charge is 0.252 e. The molecule has 0 aliphatic heterocycles. The van der Waals surface area contributed by atoms with E-state index in [1.807, 2.05) is 31.1 Å². The molecule has 0 heterocycles. The number of carbonyl (C=O) groups excluding carboxylic acids is 2. The van der Waals surface area contributed by atoms with Crippen LogP contribution in [-0.4, -0.2) is 39.0 Å². The third-order valence-corrected chi connectivity index (χ3v) is 3.79. The van der Waals surface area contributed by atoms with E-state index in [0.717, 1.165) is 5.69 Å². The van der Waals surface area contributed by atoms with Gasteiger partial charge in [-0.15, -0.1) is 0 Å². The lowest BCUT2D eigenvalue weighted by atomic mass is 10.2. The average Bonchev–Trinajstić information content (AvgIpc) is 2.58. The summed E-state index contributed by atoms with van der Waals surface area (Å²) in [5, 5.41) is 5.90. The first kappa shape index (κ1) is 17.8. The highest BCUT2D eigenvalue weighted by Crippen LogP contribution is 2.14. The van der Waals surface area contributed by atoms with Crippen LogP contribution in [0.25, 0.3) is 0 Å². The monoisotopic (exact) mass is 345 g/mol. The molecule has 0 saturated carbocycles. The fraction of sp³-hybridized carbons (Fsp3) is 0.222. The second kappa shape index (κ2) is 8.36. The summed E-state index contributed by atoms with van der Waals surface area (Å²) >= 11 is 5.96. The van der Waals surface area contributed by atoms with Crippen molar-refractivity contribution in [3.63, 3.8) is 0 Å². The molecule has 2 N–H and O–H groups in total. The van der Waals surface area contributed by atoms with Gasteiger partial charge in [0.15, 0.2) is 0 Å². The van der Waals surface area contributed by atoms with Gasteiger partial charge >= 0.3 is 0 Å². The second-order valence-corrected chi connectivity index (χ2v) is 5.84. The van der Waals surface area contributed by atoms with E-state index in [4.69, 9.17) is 11.6 Å². The van der Waals surface area contributed by atoms with E-state index in [1.165, 1.54) is 0 Å². The van der Waals surface area contributed by atoms with Crippen molar-refractivity contribution < 1.29 is 9.59 Å². The zero-order valence-corrected chi connectivity index (χ0v) is 14.4. The Labute approximate surface area is 146 Å². The van der Waals surface area contributed by atoms with E-state index in [9.17, 15) is 9.59 Å². The normalized spacial score (nSPS) is 10.1. The quantitative estimate of drug-likeness (QED) is 0.791. The molecule has 0 radical (unpaired) electrons. The largest absolute Gasteiger partial charge is 0.378 e. The highest BCUT2D eigenvalue weighted by Gasteiger charge is 2.09. The molecule has 0 aromatic heterocycles. The molecule has 0 aliphatic rings. The standard InChI is InChI=1S/C18H20ClN3O2/c1-22(2)14-9-7-13(8-10-14)17(23)20-11-12-21-18(24)15-5-3-4-6-16(15)19/h3-10H,11-12H2,1-2H3,(H,20,23)(H,21,24). The van der Waals surface area contributed by atoms with Gasteiger partial charge in [-0.25, -0.2) is 0 Å². The van der Waals surface area contributed by atoms with Gasteiger partial charge in [-0.2, -0.15) is 0 Å². The molecular formula is C18H20ClN3O2. The maximum absolute atomic E-state index is 12.0. The third kappa shape index (κ3) is 4.73. The van der Waals surface area contributed by atoms with Crippen molar-refractivity contribution in [3.05, 3.63) is 64.7 Å². The summed E-state index contributed by atoms with van der Waals surface area (Å²) in [5.74, 6) is -0.433. The van der Waals surface area contributed by atoms with E-state index in [1.54, 1.807) is 36.4 Å². The lowest BCUT2D eigenvalue weighted by Crippen LogP contribution is -2.34. The minimum Gasteiger partial charge on any atom is -0.378 e. The summed E-state index contributed by atoms with van der Waals surface area (Å²) < 4.78 is 0. The molecule has 2 amide bonds. The first-order chi connectivity index (χ1) is 11.5. The van der Waals surface area contributed by atoms with Crippen LogP contribution >= 0.6 is 11.6 Å². The van der Waals surface area contributed by atoms with Gasteiger partial charge in [0.25, 0.3) is 11.8 Å². The van der Waals surface area contributed by atoms with Crippen LogP contribution in [0.1, 0.15) is 20.7 Å². The third-order valence-electron chi connectivity index (χ3n) is 3.46. The summed E-state index contributed by atoms with van der Waals surface area (Å²) in [6, 6.07) is 14.1. The molecule has 2 rings (SSSR count). The number of anilines is 1. The van der Waals surface area contributed by atoms with Gasteiger partial charge in [-0.05, 0) is 36.4 Å².